The topological polar surface area (TPSA) is 50.6 Å². The first-order chi connectivity index (χ1) is 6.42. The molecule has 78 valence electrons. The quantitative estimate of drug-likeness (QED) is 0.657. The summed E-state index contributed by atoms with van der Waals surface area (Å²) in [6, 6.07) is 6.75. The van der Waals surface area contributed by atoms with Crippen LogP contribution in [0.15, 0.2) is 29.2 Å². The Hall–Kier alpha value is -0.910. The number of rotatable bonds is 3. The van der Waals surface area contributed by atoms with Crippen LogP contribution in [0.5, 0.6) is 0 Å². The lowest BCUT2D eigenvalue weighted by atomic mass is 10.2. The molecule has 1 aromatic carbocycles. The number of hydrogen-bond acceptors (Lipinski definition) is 2. The van der Waals surface area contributed by atoms with E-state index in [4.69, 9.17) is 0 Å². The summed E-state index contributed by atoms with van der Waals surface area (Å²) in [5.74, 6) is 0. The third-order valence-corrected chi connectivity index (χ3v) is 3.24. The van der Waals surface area contributed by atoms with Crippen LogP contribution in [0.1, 0.15) is 5.56 Å². The van der Waals surface area contributed by atoms with Gasteiger partial charge in [-0.1, -0.05) is 22.5 Å². The molecule has 0 unspecified atom stereocenters. The molecule has 1 rings (SSSR count). The van der Waals surface area contributed by atoms with Crippen LogP contribution in [0, 0.1) is 6.92 Å². The highest BCUT2D eigenvalue weighted by Gasteiger charge is 2.15. The first-order valence-electron chi connectivity index (χ1n) is 4.31. The second-order valence-corrected chi connectivity index (χ2v) is 5.10. The molecule has 5 heteroatoms. The minimum absolute atomic E-state index is 0.296. The number of aryl methyl sites for hydroxylation is 1. The summed E-state index contributed by atoms with van der Waals surface area (Å²) in [6.45, 7) is 1.92. The molecule has 0 atom stereocenters. The van der Waals surface area contributed by atoms with Crippen LogP contribution >= 0.6 is 0 Å². The summed E-state index contributed by atoms with van der Waals surface area (Å²) in [5.41, 5.74) is 1.04. The average molecular weight is 215 g/mol. The minimum atomic E-state index is -3.36. The van der Waals surface area contributed by atoms with Crippen molar-refractivity contribution in [1.82, 2.24) is 4.83 Å². The maximum Gasteiger partial charge on any atom is 0.282 e. The van der Waals surface area contributed by atoms with Gasteiger partial charge in [0.15, 0.2) is 0 Å². The molecule has 0 heterocycles. The van der Waals surface area contributed by atoms with Crippen molar-refractivity contribution in [3.05, 3.63) is 29.8 Å². The van der Waals surface area contributed by atoms with Gasteiger partial charge in [0.05, 0.1) is 19.0 Å². The lowest BCUT2D eigenvalue weighted by molar-refractivity contribution is -0.890. The van der Waals surface area contributed by atoms with Crippen molar-refractivity contribution < 1.29 is 13.4 Å². The molecular formula is C9H15N2O2S+. The molecule has 0 spiro atoms. The largest absolute Gasteiger partial charge is 0.282 e. The number of benzene rings is 1. The SMILES string of the molecule is Cc1ccc(S(=O)(=O)N[NH+](C)C)cc1. The van der Waals surface area contributed by atoms with Gasteiger partial charge in [0.1, 0.15) is 0 Å². The normalized spacial score (nSPS) is 12.0. The van der Waals surface area contributed by atoms with Gasteiger partial charge in [-0.3, -0.25) is 0 Å². The number of nitrogens with one attached hydrogen (secondary N) is 2. The summed E-state index contributed by atoms with van der Waals surface area (Å²) in [5, 5.41) is 0.658. The summed E-state index contributed by atoms with van der Waals surface area (Å²) >= 11 is 0. The Balaban J connectivity index is 2.99. The van der Waals surface area contributed by atoms with E-state index in [9.17, 15) is 8.42 Å². The Morgan fingerprint density at radius 2 is 1.64 bits per heavy atom. The molecule has 0 saturated heterocycles. The Bertz CT molecular complexity index is 395. The van der Waals surface area contributed by atoms with Crippen LogP contribution in [-0.2, 0) is 10.0 Å². The molecule has 0 aliphatic heterocycles. The number of quaternary nitrogens is 1. The van der Waals surface area contributed by atoms with Crippen LogP contribution in [-0.4, -0.2) is 22.5 Å². The van der Waals surface area contributed by atoms with Gasteiger partial charge >= 0.3 is 0 Å². The highest BCUT2D eigenvalue weighted by Crippen LogP contribution is 2.08. The van der Waals surface area contributed by atoms with E-state index in [1.165, 1.54) is 0 Å². The van der Waals surface area contributed by atoms with Gasteiger partial charge in [-0.25, -0.2) is 13.4 Å². The molecule has 0 saturated carbocycles. The fourth-order valence-corrected chi connectivity index (χ4v) is 2.19. The van der Waals surface area contributed by atoms with E-state index in [0.717, 1.165) is 5.56 Å². The predicted molar refractivity (Wildman–Crippen MR) is 54.3 cm³/mol. The van der Waals surface area contributed by atoms with E-state index < -0.39 is 10.0 Å². The Kier molecular flexibility index (Phi) is 3.25. The zero-order valence-electron chi connectivity index (χ0n) is 8.53. The fourth-order valence-electron chi connectivity index (χ4n) is 1.05. The van der Waals surface area contributed by atoms with Gasteiger partial charge in [-0.2, -0.15) is 0 Å². The lowest BCUT2D eigenvalue weighted by Crippen LogP contribution is -3.13. The highest BCUT2D eigenvalue weighted by molar-refractivity contribution is 7.89. The summed E-state index contributed by atoms with van der Waals surface area (Å²) in [6.07, 6.45) is 0. The molecule has 0 radical (unpaired) electrons. The maximum atomic E-state index is 11.6. The zero-order chi connectivity index (χ0) is 10.8. The van der Waals surface area contributed by atoms with Gasteiger partial charge in [-0.05, 0) is 19.1 Å². The molecule has 0 aromatic heterocycles. The van der Waals surface area contributed by atoms with Gasteiger partial charge < -0.3 is 0 Å². The molecule has 0 fully saturated rings. The second kappa shape index (κ2) is 4.08. The van der Waals surface area contributed by atoms with Crippen LogP contribution in [0.2, 0.25) is 0 Å². The first-order valence-corrected chi connectivity index (χ1v) is 5.80. The fraction of sp³-hybridized carbons (Fsp3) is 0.333. The molecule has 0 aliphatic rings. The molecule has 14 heavy (non-hydrogen) atoms. The monoisotopic (exact) mass is 215 g/mol. The maximum absolute atomic E-state index is 11.6. The van der Waals surface area contributed by atoms with Crippen LogP contribution < -0.4 is 9.84 Å². The van der Waals surface area contributed by atoms with Crippen molar-refractivity contribution in [1.29, 1.82) is 0 Å². The van der Waals surface area contributed by atoms with Crippen molar-refractivity contribution in [2.45, 2.75) is 11.8 Å². The highest BCUT2D eigenvalue weighted by atomic mass is 32.2. The van der Waals surface area contributed by atoms with E-state index in [1.54, 1.807) is 38.4 Å². The van der Waals surface area contributed by atoms with Crippen molar-refractivity contribution >= 4 is 10.0 Å². The van der Waals surface area contributed by atoms with E-state index in [1.807, 2.05) is 6.92 Å². The van der Waals surface area contributed by atoms with E-state index in [-0.39, 0.29) is 0 Å². The third-order valence-electron chi connectivity index (χ3n) is 1.67. The van der Waals surface area contributed by atoms with Gasteiger partial charge in [0.2, 0.25) is 0 Å². The summed E-state index contributed by atoms with van der Waals surface area (Å²) in [7, 11) is 0.0647. The molecule has 1 aromatic rings. The second-order valence-electron chi connectivity index (χ2n) is 3.42. The first kappa shape index (κ1) is 11.2. The Morgan fingerprint density at radius 1 is 1.14 bits per heavy atom. The van der Waals surface area contributed by atoms with Crippen LogP contribution in [0.4, 0.5) is 0 Å². The van der Waals surface area contributed by atoms with E-state index in [2.05, 4.69) is 4.83 Å². The molecule has 0 amide bonds. The van der Waals surface area contributed by atoms with Crippen molar-refractivity contribution in [2.75, 3.05) is 14.1 Å². The molecule has 2 N–H and O–H groups in total. The lowest BCUT2D eigenvalue weighted by Gasteiger charge is -2.09. The third kappa shape index (κ3) is 2.80. The van der Waals surface area contributed by atoms with Crippen molar-refractivity contribution in [2.24, 2.45) is 0 Å². The average Bonchev–Trinajstić information content (AvgIpc) is 2.02. The molecule has 0 aliphatic carbocycles. The van der Waals surface area contributed by atoms with Gasteiger partial charge in [-0.15, -0.1) is 0 Å². The Morgan fingerprint density at radius 3 is 2.07 bits per heavy atom. The number of sulfonamides is 1. The zero-order valence-corrected chi connectivity index (χ0v) is 9.35. The smallest absolute Gasteiger partial charge is 0.248 e. The van der Waals surface area contributed by atoms with Gasteiger partial charge in [0.25, 0.3) is 10.0 Å². The van der Waals surface area contributed by atoms with Crippen LogP contribution in [0.3, 0.4) is 0 Å². The van der Waals surface area contributed by atoms with Crippen LogP contribution in [0.25, 0.3) is 0 Å². The van der Waals surface area contributed by atoms with Crippen molar-refractivity contribution in [3.8, 4) is 0 Å². The minimum Gasteiger partial charge on any atom is -0.248 e. The van der Waals surface area contributed by atoms with E-state index >= 15 is 0 Å². The van der Waals surface area contributed by atoms with E-state index in [0.29, 0.717) is 9.90 Å². The summed E-state index contributed by atoms with van der Waals surface area (Å²) < 4.78 is 23.2. The number of hydrogen-bond donors (Lipinski definition) is 2. The predicted octanol–water partition coefficient (Wildman–Crippen LogP) is -0.667. The Labute approximate surface area is 84.6 Å². The van der Waals surface area contributed by atoms with Gasteiger partial charge in [0, 0.05) is 0 Å². The molecule has 0 bridgehead atoms. The van der Waals surface area contributed by atoms with Crippen molar-refractivity contribution in [3.63, 3.8) is 0 Å². The standard InChI is InChI=1S/C9H14N2O2S/c1-8-4-6-9(7-5-8)14(12,13)10-11(2)3/h4-7,10H,1-3H3/p+1. The summed E-state index contributed by atoms with van der Waals surface area (Å²) in [4.78, 5) is 2.74. The molecule has 4 nitrogen and oxygen atoms in total. The molecular weight excluding hydrogens is 200 g/mol.